The molecule has 0 heterocycles. The van der Waals surface area contributed by atoms with E-state index in [4.69, 9.17) is 5.26 Å². The predicted octanol–water partition coefficient (Wildman–Crippen LogP) is 3.05. The van der Waals surface area contributed by atoms with E-state index in [1.807, 2.05) is 19.1 Å². The Hall–Kier alpha value is -0.410. The van der Waals surface area contributed by atoms with Gasteiger partial charge in [0.15, 0.2) is 5.78 Å². The van der Waals surface area contributed by atoms with E-state index in [-0.39, 0.29) is 11.1 Å². The van der Waals surface area contributed by atoms with Gasteiger partial charge < -0.3 is 0 Å². The number of hydrogen-bond donors (Lipinski definition) is 0. The van der Waals surface area contributed by atoms with Crippen molar-refractivity contribution < 1.29 is 4.79 Å². The van der Waals surface area contributed by atoms with Crippen LogP contribution in [-0.2, 0) is 0 Å². The molecule has 0 N–H and O–H groups in total. The van der Waals surface area contributed by atoms with Crippen LogP contribution in [0.15, 0.2) is 12.1 Å². The van der Waals surface area contributed by atoms with Gasteiger partial charge in [-0.05, 0) is 47.2 Å². The summed E-state index contributed by atoms with van der Waals surface area (Å²) in [6.45, 7) is 1.86. The molecule has 0 aromatic heterocycles. The molecule has 4 heteroatoms. The zero-order valence-corrected chi connectivity index (χ0v) is 11.2. The maximum Gasteiger partial charge on any atom is 0.175 e. The van der Waals surface area contributed by atoms with E-state index in [1.54, 1.807) is 6.07 Å². The number of nitriles is 1. The number of Topliss-reactive ketones (excluding diaryl/α,β-unsaturated/α-hetero) is 1. The van der Waals surface area contributed by atoms with Crippen LogP contribution in [0.4, 0.5) is 0 Å². The third kappa shape index (κ3) is 2.15. The van der Waals surface area contributed by atoms with Crippen LogP contribution in [0.2, 0.25) is 0 Å². The van der Waals surface area contributed by atoms with Crippen molar-refractivity contribution in [1.82, 2.24) is 0 Å². The first-order valence-corrected chi connectivity index (χ1v) is 6.10. The fraction of sp³-hybridized carbons (Fsp3) is 0.200. The summed E-state index contributed by atoms with van der Waals surface area (Å²) >= 11 is 5.27. The monoisotopic (exact) mass is 363 g/mol. The Morgan fingerprint density at radius 2 is 2.29 bits per heavy atom. The molecule has 1 rings (SSSR count). The normalized spacial score (nSPS) is 9.57. The molecule has 0 atom stereocenters. The van der Waals surface area contributed by atoms with Gasteiger partial charge in [0.1, 0.15) is 0 Å². The van der Waals surface area contributed by atoms with Crippen LogP contribution in [0.25, 0.3) is 0 Å². The minimum absolute atomic E-state index is 0.0439. The van der Waals surface area contributed by atoms with Gasteiger partial charge in [0.05, 0.1) is 17.0 Å². The summed E-state index contributed by atoms with van der Waals surface area (Å²) < 4.78 is 1.01. The zero-order chi connectivity index (χ0) is 10.7. The summed E-state index contributed by atoms with van der Waals surface area (Å²) in [6, 6.07) is 5.57. The fourth-order valence-electron chi connectivity index (χ4n) is 1.21. The maximum atomic E-state index is 11.6. The zero-order valence-electron chi connectivity index (χ0n) is 7.47. The number of carbonyl (C=O) groups is 1. The molecule has 0 saturated heterocycles. The average Bonchev–Trinajstić information content (AvgIpc) is 2.20. The van der Waals surface area contributed by atoms with Crippen LogP contribution in [-0.4, -0.2) is 11.1 Å². The number of halogens is 2. The molecule has 0 radical (unpaired) electrons. The fourth-order valence-corrected chi connectivity index (χ4v) is 1.94. The molecule has 0 amide bonds. The molecule has 0 saturated carbocycles. The first kappa shape index (κ1) is 11.7. The number of benzene rings is 1. The van der Waals surface area contributed by atoms with Gasteiger partial charge in [-0.1, -0.05) is 15.9 Å². The smallest absolute Gasteiger partial charge is 0.175 e. The maximum absolute atomic E-state index is 11.6. The minimum Gasteiger partial charge on any atom is -0.293 e. The van der Waals surface area contributed by atoms with Gasteiger partial charge in [-0.3, -0.25) is 4.79 Å². The average molecular weight is 364 g/mol. The molecular formula is C10H7BrINO. The van der Waals surface area contributed by atoms with Gasteiger partial charge in [-0.25, -0.2) is 0 Å². The number of rotatable bonds is 2. The Morgan fingerprint density at radius 1 is 1.64 bits per heavy atom. The Bertz CT molecular complexity index is 423. The second-order valence-electron chi connectivity index (χ2n) is 2.76. The number of hydrogen-bond acceptors (Lipinski definition) is 2. The quantitative estimate of drug-likeness (QED) is 0.460. The summed E-state index contributed by atoms with van der Waals surface area (Å²) in [5.41, 5.74) is 1.87. The lowest BCUT2D eigenvalue weighted by Gasteiger charge is -2.06. The third-order valence-electron chi connectivity index (χ3n) is 1.92. The number of ketones is 1. The van der Waals surface area contributed by atoms with Crippen molar-refractivity contribution in [2.45, 2.75) is 6.92 Å². The predicted molar refractivity (Wildman–Crippen MR) is 66.7 cm³/mol. The van der Waals surface area contributed by atoms with E-state index in [2.05, 4.69) is 38.5 Å². The Labute approximate surface area is 105 Å². The molecule has 1 aromatic carbocycles. The second-order valence-corrected chi connectivity index (χ2v) is 4.49. The van der Waals surface area contributed by atoms with E-state index in [1.165, 1.54) is 0 Å². The number of nitrogens with zero attached hydrogens (tertiary/aromatic N) is 1. The lowest BCUT2D eigenvalue weighted by atomic mass is 10.00. The van der Waals surface area contributed by atoms with Crippen molar-refractivity contribution in [2.75, 3.05) is 5.33 Å². The van der Waals surface area contributed by atoms with Gasteiger partial charge >= 0.3 is 0 Å². The molecule has 14 heavy (non-hydrogen) atoms. The minimum atomic E-state index is -0.0439. The second kappa shape index (κ2) is 4.89. The first-order valence-electron chi connectivity index (χ1n) is 3.90. The highest BCUT2D eigenvalue weighted by atomic mass is 127. The van der Waals surface area contributed by atoms with Crippen molar-refractivity contribution in [2.24, 2.45) is 0 Å². The van der Waals surface area contributed by atoms with Crippen molar-refractivity contribution in [3.63, 3.8) is 0 Å². The lowest BCUT2D eigenvalue weighted by Crippen LogP contribution is -2.07. The topological polar surface area (TPSA) is 40.9 Å². The van der Waals surface area contributed by atoms with Crippen LogP contribution in [0.5, 0.6) is 0 Å². The lowest BCUT2D eigenvalue weighted by molar-refractivity contribution is 0.102. The largest absolute Gasteiger partial charge is 0.293 e. The van der Waals surface area contributed by atoms with E-state index >= 15 is 0 Å². The molecule has 0 aliphatic rings. The van der Waals surface area contributed by atoms with E-state index in [9.17, 15) is 4.79 Å². The molecule has 0 aliphatic carbocycles. The molecule has 0 spiro atoms. The van der Waals surface area contributed by atoms with Gasteiger partial charge in [0, 0.05) is 9.13 Å². The summed E-state index contributed by atoms with van der Waals surface area (Å²) in [5.74, 6) is -0.0439. The third-order valence-corrected chi connectivity index (χ3v) is 3.60. The number of alkyl halides is 1. The van der Waals surface area contributed by atoms with Gasteiger partial charge in [-0.15, -0.1) is 0 Å². The Morgan fingerprint density at radius 3 is 2.79 bits per heavy atom. The van der Waals surface area contributed by atoms with Crippen LogP contribution in [0, 0.1) is 21.8 Å². The first-order chi connectivity index (χ1) is 6.61. The molecule has 2 nitrogen and oxygen atoms in total. The van der Waals surface area contributed by atoms with E-state index < -0.39 is 0 Å². The van der Waals surface area contributed by atoms with Crippen LogP contribution < -0.4 is 0 Å². The Balaban J connectivity index is 3.45. The molecule has 0 unspecified atom stereocenters. The van der Waals surface area contributed by atoms with Crippen molar-refractivity contribution in [3.05, 3.63) is 32.4 Å². The van der Waals surface area contributed by atoms with Crippen LogP contribution >= 0.6 is 38.5 Å². The van der Waals surface area contributed by atoms with Gasteiger partial charge in [0.2, 0.25) is 0 Å². The summed E-state index contributed by atoms with van der Waals surface area (Å²) in [7, 11) is 0. The SMILES string of the molecule is Cc1c(I)ccc(C#N)c1C(=O)CBr. The highest BCUT2D eigenvalue weighted by Crippen LogP contribution is 2.20. The van der Waals surface area contributed by atoms with Crippen LogP contribution in [0.3, 0.4) is 0 Å². The molecule has 0 fully saturated rings. The van der Waals surface area contributed by atoms with Gasteiger partial charge in [-0.2, -0.15) is 5.26 Å². The van der Waals surface area contributed by atoms with E-state index in [0.717, 1.165) is 9.13 Å². The molecular weight excluding hydrogens is 357 g/mol. The Kier molecular flexibility index (Phi) is 4.08. The van der Waals surface area contributed by atoms with Gasteiger partial charge in [0.25, 0.3) is 0 Å². The summed E-state index contributed by atoms with van der Waals surface area (Å²) in [6.07, 6.45) is 0. The number of carbonyl (C=O) groups excluding carboxylic acids is 1. The standard InChI is InChI=1S/C10H7BrINO/c1-6-8(12)3-2-7(5-13)10(6)9(14)4-11/h2-3H,4H2,1H3. The van der Waals surface area contributed by atoms with Crippen LogP contribution in [0.1, 0.15) is 21.5 Å². The van der Waals surface area contributed by atoms with Crippen molar-refractivity contribution in [1.29, 1.82) is 5.26 Å². The molecule has 0 bridgehead atoms. The summed E-state index contributed by atoms with van der Waals surface area (Å²) in [4.78, 5) is 11.6. The highest BCUT2D eigenvalue weighted by molar-refractivity contribution is 14.1. The van der Waals surface area contributed by atoms with Crippen molar-refractivity contribution in [3.8, 4) is 6.07 Å². The molecule has 0 aliphatic heterocycles. The molecule has 1 aromatic rings. The molecule has 72 valence electrons. The summed E-state index contributed by atoms with van der Waals surface area (Å²) in [5, 5.41) is 9.11. The highest BCUT2D eigenvalue weighted by Gasteiger charge is 2.14. The van der Waals surface area contributed by atoms with Crippen molar-refractivity contribution >= 4 is 44.3 Å². The van der Waals surface area contributed by atoms with E-state index in [0.29, 0.717) is 11.1 Å².